The van der Waals surface area contributed by atoms with Gasteiger partial charge < -0.3 is 10.2 Å². The normalized spacial score (nSPS) is 27.3. The number of pyridine rings is 1. The molecular weight excluding hydrogens is 418 g/mol. The van der Waals surface area contributed by atoms with Gasteiger partial charge in [0.2, 0.25) is 11.8 Å². The van der Waals surface area contributed by atoms with Crippen molar-refractivity contribution in [3.8, 4) is 0 Å². The zero-order valence-electron chi connectivity index (χ0n) is 18.3. The predicted octanol–water partition coefficient (Wildman–Crippen LogP) is 2.30. The fourth-order valence-electron chi connectivity index (χ4n) is 5.36. The Morgan fingerprint density at radius 3 is 2.70 bits per heavy atom. The Hall–Kier alpha value is -3.55. The molecule has 33 heavy (non-hydrogen) atoms. The minimum atomic E-state index is -0.436. The Bertz CT molecular complexity index is 1270. The van der Waals surface area contributed by atoms with Gasteiger partial charge in [0.25, 0.3) is 0 Å². The van der Waals surface area contributed by atoms with Crippen LogP contribution in [0, 0.1) is 5.92 Å². The number of carbonyl (C=O) groups is 3. The summed E-state index contributed by atoms with van der Waals surface area (Å²) in [6.07, 6.45) is 5.82. The lowest BCUT2D eigenvalue weighted by atomic mass is 10.1. The summed E-state index contributed by atoms with van der Waals surface area (Å²) in [4.78, 5) is 44.3. The van der Waals surface area contributed by atoms with Gasteiger partial charge in [-0.25, -0.2) is 0 Å². The van der Waals surface area contributed by atoms with Crippen molar-refractivity contribution in [3.63, 3.8) is 0 Å². The average Bonchev–Trinajstić information content (AvgIpc) is 3.70. The Balaban J connectivity index is 1.18. The van der Waals surface area contributed by atoms with Gasteiger partial charge in [-0.1, -0.05) is 30.3 Å². The monoisotopic (exact) mass is 443 g/mol. The van der Waals surface area contributed by atoms with Crippen LogP contribution in [0.3, 0.4) is 0 Å². The Kier molecular flexibility index (Phi) is 4.57. The second kappa shape index (κ2) is 7.50. The summed E-state index contributed by atoms with van der Waals surface area (Å²) in [7, 11) is 0. The molecule has 5 atom stereocenters. The van der Waals surface area contributed by atoms with Crippen LogP contribution in [0.15, 0.2) is 48.8 Å². The molecule has 8 heteroatoms. The smallest absolute Gasteiger partial charge is 0.245 e. The van der Waals surface area contributed by atoms with Crippen molar-refractivity contribution in [3.05, 3.63) is 60.0 Å². The van der Waals surface area contributed by atoms with E-state index in [9.17, 15) is 14.4 Å². The first-order valence-corrected chi connectivity index (χ1v) is 11.5. The highest BCUT2D eigenvalue weighted by Crippen LogP contribution is 2.48. The van der Waals surface area contributed by atoms with Gasteiger partial charge in [0.05, 0.1) is 5.52 Å². The number of fused-ring (bicyclic) bond motifs is 2. The summed E-state index contributed by atoms with van der Waals surface area (Å²) in [5.41, 5.74) is 2.25. The van der Waals surface area contributed by atoms with Crippen molar-refractivity contribution < 1.29 is 14.4 Å². The molecule has 1 aliphatic heterocycles. The first-order chi connectivity index (χ1) is 16.0. The molecule has 168 valence electrons. The van der Waals surface area contributed by atoms with Crippen molar-refractivity contribution >= 4 is 28.5 Å². The zero-order valence-corrected chi connectivity index (χ0v) is 18.3. The molecule has 6 rings (SSSR count). The molecule has 2 aliphatic carbocycles. The van der Waals surface area contributed by atoms with E-state index < -0.39 is 6.04 Å². The first-order valence-electron chi connectivity index (χ1n) is 11.5. The van der Waals surface area contributed by atoms with E-state index in [0.29, 0.717) is 34.9 Å². The van der Waals surface area contributed by atoms with Crippen LogP contribution in [0.4, 0.5) is 0 Å². The van der Waals surface area contributed by atoms with Gasteiger partial charge in [-0.2, -0.15) is 5.10 Å². The van der Waals surface area contributed by atoms with E-state index in [4.69, 9.17) is 0 Å². The van der Waals surface area contributed by atoms with E-state index in [1.807, 2.05) is 18.2 Å². The number of hydrogen-bond donors (Lipinski definition) is 1. The van der Waals surface area contributed by atoms with Gasteiger partial charge in [-0.3, -0.25) is 24.0 Å². The highest BCUT2D eigenvalue weighted by molar-refractivity contribution is 6.04. The van der Waals surface area contributed by atoms with Gasteiger partial charge >= 0.3 is 0 Å². The molecule has 2 aromatic heterocycles. The number of likely N-dealkylation sites (tertiary alicyclic amines) is 1. The molecule has 1 N–H and O–H groups in total. The van der Waals surface area contributed by atoms with Gasteiger partial charge in [-0.05, 0) is 36.8 Å². The van der Waals surface area contributed by atoms with Crippen LogP contribution in [0.2, 0.25) is 0 Å². The lowest BCUT2D eigenvalue weighted by Crippen LogP contribution is -2.49. The van der Waals surface area contributed by atoms with Crippen molar-refractivity contribution in [1.29, 1.82) is 0 Å². The van der Waals surface area contributed by atoms with Crippen molar-refractivity contribution in [2.75, 3.05) is 0 Å². The second-order valence-corrected chi connectivity index (χ2v) is 9.44. The van der Waals surface area contributed by atoms with Crippen LogP contribution in [0.5, 0.6) is 0 Å². The number of hydrogen-bond acceptors (Lipinski definition) is 5. The number of carbonyl (C=O) groups excluding carboxylic acids is 3. The molecule has 0 unspecified atom stereocenters. The summed E-state index contributed by atoms with van der Waals surface area (Å²) in [5, 5.41) is 8.20. The molecule has 2 saturated carbocycles. The third-order valence-electron chi connectivity index (χ3n) is 7.21. The molecule has 3 fully saturated rings. The molecule has 1 saturated heterocycles. The van der Waals surface area contributed by atoms with E-state index in [0.717, 1.165) is 12.8 Å². The maximum absolute atomic E-state index is 13.4. The SMILES string of the molecule is CC(=O)c1nn(CC(=O)N2[C@@H]3C[C@@H]3C[C@H]2C(=O)N[C@H]2C[C@H]2c2ccccc2)c2ccncc12. The van der Waals surface area contributed by atoms with Crippen LogP contribution >= 0.6 is 0 Å². The van der Waals surface area contributed by atoms with Crippen LogP contribution in [-0.4, -0.2) is 55.4 Å². The highest BCUT2D eigenvalue weighted by Gasteiger charge is 2.56. The van der Waals surface area contributed by atoms with E-state index in [-0.39, 0.29) is 36.2 Å². The average molecular weight is 444 g/mol. The number of piperidine rings is 1. The van der Waals surface area contributed by atoms with Gasteiger partial charge in [-0.15, -0.1) is 0 Å². The molecule has 8 nitrogen and oxygen atoms in total. The minimum Gasteiger partial charge on any atom is -0.351 e. The summed E-state index contributed by atoms with van der Waals surface area (Å²) in [6.45, 7) is 1.45. The van der Waals surface area contributed by atoms with Gasteiger partial charge in [0, 0.05) is 42.7 Å². The summed E-state index contributed by atoms with van der Waals surface area (Å²) < 4.78 is 1.56. The first kappa shape index (κ1) is 20.1. The summed E-state index contributed by atoms with van der Waals surface area (Å²) in [6, 6.07) is 11.8. The predicted molar refractivity (Wildman–Crippen MR) is 120 cm³/mol. The molecule has 3 heterocycles. The number of aromatic nitrogens is 3. The number of nitrogens with zero attached hydrogens (tertiary/aromatic N) is 4. The van der Waals surface area contributed by atoms with E-state index >= 15 is 0 Å². The van der Waals surface area contributed by atoms with Crippen molar-refractivity contribution in [2.24, 2.45) is 5.92 Å². The molecule has 0 spiro atoms. The van der Waals surface area contributed by atoms with Gasteiger partial charge in [0.15, 0.2) is 5.78 Å². The minimum absolute atomic E-state index is 0.00311. The molecule has 3 aromatic rings. The van der Waals surface area contributed by atoms with Gasteiger partial charge in [0.1, 0.15) is 18.3 Å². The zero-order chi connectivity index (χ0) is 22.7. The fourth-order valence-corrected chi connectivity index (χ4v) is 5.36. The number of Topliss-reactive ketones (excluding diaryl/α,β-unsaturated/α-hetero) is 1. The number of rotatable bonds is 6. The highest BCUT2D eigenvalue weighted by atomic mass is 16.2. The Morgan fingerprint density at radius 2 is 1.91 bits per heavy atom. The largest absolute Gasteiger partial charge is 0.351 e. The molecule has 1 aromatic carbocycles. The third kappa shape index (κ3) is 3.50. The fraction of sp³-hybridized carbons (Fsp3) is 0.400. The molecule has 3 aliphatic rings. The molecule has 0 radical (unpaired) electrons. The van der Waals surface area contributed by atoms with Crippen LogP contribution in [-0.2, 0) is 16.1 Å². The molecule has 0 bridgehead atoms. The number of benzene rings is 1. The lowest BCUT2D eigenvalue weighted by Gasteiger charge is -2.27. The number of amides is 2. The third-order valence-corrected chi connectivity index (χ3v) is 7.21. The summed E-state index contributed by atoms with van der Waals surface area (Å²) >= 11 is 0. The lowest BCUT2D eigenvalue weighted by molar-refractivity contribution is -0.140. The summed E-state index contributed by atoms with van der Waals surface area (Å²) in [5.74, 6) is 0.395. The van der Waals surface area contributed by atoms with Crippen molar-refractivity contribution in [2.45, 2.75) is 56.8 Å². The van der Waals surface area contributed by atoms with Crippen LogP contribution < -0.4 is 5.32 Å². The molecular formula is C25H25N5O3. The maximum atomic E-state index is 13.4. The van der Waals surface area contributed by atoms with Crippen molar-refractivity contribution in [1.82, 2.24) is 25.0 Å². The van der Waals surface area contributed by atoms with Crippen LogP contribution in [0.25, 0.3) is 10.9 Å². The number of ketones is 1. The number of nitrogens with one attached hydrogen (secondary N) is 1. The standard InChI is InChI=1S/C25H25N5O3/c1-14(31)24-18-12-26-8-7-20(18)29(28-24)13-23(32)30-21-9-16(21)10-22(30)25(33)27-19-11-17(19)15-5-3-2-4-6-15/h2-8,12,16-17,19,21-22H,9-11,13H2,1H3,(H,27,33)/t16-,17+,19+,21-,22+/m1/s1. The Morgan fingerprint density at radius 1 is 1.09 bits per heavy atom. The van der Waals surface area contributed by atoms with E-state index in [1.165, 1.54) is 12.5 Å². The van der Waals surface area contributed by atoms with E-state index in [1.54, 1.807) is 28.0 Å². The maximum Gasteiger partial charge on any atom is 0.245 e. The molecule has 2 amide bonds. The van der Waals surface area contributed by atoms with Crippen LogP contribution in [0.1, 0.15) is 48.2 Å². The second-order valence-electron chi connectivity index (χ2n) is 9.44. The van der Waals surface area contributed by atoms with E-state index in [2.05, 4.69) is 27.5 Å². The topological polar surface area (TPSA) is 97.2 Å². The quantitative estimate of drug-likeness (QED) is 0.590. The Labute approximate surface area is 191 Å².